The van der Waals surface area contributed by atoms with Crippen LogP contribution in [0.3, 0.4) is 0 Å². The number of oxime groups is 1. The average Bonchev–Trinajstić information content (AvgIpc) is 2.81. The molecule has 0 aliphatic carbocycles. The number of hydrogen-bond donors (Lipinski definition) is 3. The normalized spacial score (nSPS) is 12.7. The van der Waals surface area contributed by atoms with Crippen molar-refractivity contribution in [2.75, 3.05) is 5.32 Å². The van der Waals surface area contributed by atoms with Crippen LogP contribution in [-0.4, -0.2) is 21.0 Å². The number of pyridine rings is 2. The Morgan fingerprint density at radius 2 is 2.03 bits per heavy atom. The van der Waals surface area contributed by atoms with Gasteiger partial charge in [-0.15, -0.1) is 0 Å². The van der Waals surface area contributed by atoms with E-state index in [-0.39, 0.29) is 33.6 Å². The van der Waals surface area contributed by atoms with Crippen LogP contribution in [0.5, 0.6) is 0 Å². The van der Waals surface area contributed by atoms with Crippen LogP contribution in [0.1, 0.15) is 35.3 Å². The minimum atomic E-state index is -0.489. The largest absolute Gasteiger partial charge is 0.454 e. The molecule has 0 fully saturated rings. The van der Waals surface area contributed by atoms with E-state index < -0.39 is 11.9 Å². The van der Waals surface area contributed by atoms with Crippen LogP contribution < -0.4 is 16.5 Å². The first-order valence-corrected chi connectivity index (χ1v) is 10.7. The summed E-state index contributed by atoms with van der Waals surface area (Å²) in [7, 11) is 0. The van der Waals surface area contributed by atoms with Crippen molar-refractivity contribution in [3.8, 4) is 11.5 Å². The van der Waals surface area contributed by atoms with E-state index in [2.05, 4.69) is 20.4 Å². The fraction of sp³-hybridized carbons (Fsp3) is 0.167. The molecule has 4 N–H and O–H groups in total. The van der Waals surface area contributed by atoms with E-state index in [9.17, 15) is 9.18 Å². The highest BCUT2D eigenvalue weighted by Crippen LogP contribution is 2.32. The van der Waals surface area contributed by atoms with Gasteiger partial charge in [-0.2, -0.15) is 0 Å². The first kappa shape index (κ1) is 23.2. The standard InChI is InChI=1S/C24H21ClFN5O3/c1-11-8-15(13(3)29-17-4-5-19(25)30-20(17)24(27)31-33)23-16(9-11)21(32)12(2)22(34-23)18-10-14(26)6-7-28-18/h4-10,13,29,33H,1-3H3,(H2,27,31)/t13-/m1/s1. The average molecular weight is 482 g/mol. The zero-order chi connectivity index (χ0) is 24.6. The molecule has 0 saturated heterocycles. The maximum absolute atomic E-state index is 13.8. The quantitative estimate of drug-likeness (QED) is 0.121. The Morgan fingerprint density at radius 1 is 1.26 bits per heavy atom. The Hall–Kier alpha value is -3.98. The number of fused-ring (bicyclic) bond motifs is 1. The van der Waals surface area contributed by atoms with Crippen LogP contribution >= 0.6 is 11.6 Å². The Labute approximate surface area is 198 Å². The zero-order valence-corrected chi connectivity index (χ0v) is 19.3. The summed E-state index contributed by atoms with van der Waals surface area (Å²) < 4.78 is 20.0. The van der Waals surface area contributed by atoms with E-state index in [1.807, 2.05) is 19.9 Å². The SMILES string of the molecule is Cc1cc([C@@H](C)Nc2ccc(Cl)nc2/C(N)=N/O)c2oc(-c3cc(F)ccn3)c(C)c(=O)c2c1. The van der Waals surface area contributed by atoms with Gasteiger partial charge in [-0.1, -0.05) is 22.8 Å². The second kappa shape index (κ2) is 9.11. The number of benzene rings is 1. The fourth-order valence-corrected chi connectivity index (χ4v) is 3.92. The van der Waals surface area contributed by atoms with Crippen LogP contribution in [0.4, 0.5) is 10.1 Å². The van der Waals surface area contributed by atoms with Crippen molar-refractivity contribution in [2.45, 2.75) is 26.8 Å². The highest BCUT2D eigenvalue weighted by Gasteiger charge is 2.21. The summed E-state index contributed by atoms with van der Waals surface area (Å²) in [6.07, 6.45) is 1.32. The number of aromatic nitrogens is 2. The molecule has 10 heteroatoms. The van der Waals surface area contributed by atoms with Gasteiger partial charge in [0.2, 0.25) is 0 Å². The number of rotatable bonds is 5. The van der Waals surface area contributed by atoms with E-state index in [0.717, 1.165) is 5.56 Å². The van der Waals surface area contributed by atoms with Gasteiger partial charge in [0, 0.05) is 23.4 Å². The molecule has 0 spiro atoms. The number of nitrogens with two attached hydrogens (primary N) is 1. The van der Waals surface area contributed by atoms with E-state index in [4.69, 9.17) is 27.0 Å². The topological polar surface area (TPSA) is 127 Å². The number of nitrogens with zero attached hydrogens (tertiary/aromatic N) is 3. The zero-order valence-electron chi connectivity index (χ0n) is 18.6. The predicted octanol–water partition coefficient (Wildman–Crippen LogP) is 4.93. The molecule has 0 aliphatic heterocycles. The van der Waals surface area contributed by atoms with E-state index in [1.54, 1.807) is 25.1 Å². The summed E-state index contributed by atoms with van der Waals surface area (Å²) in [5, 5.41) is 16.0. The molecule has 0 aliphatic rings. The maximum atomic E-state index is 13.8. The number of anilines is 1. The Balaban J connectivity index is 1.89. The van der Waals surface area contributed by atoms with Gasteiger partial charge in [0.05, 0.1) is 17.1 Å². The number of aryl methyl sites for hydroxylation is 1. The smallest absolute Gasteiger partial charge is 0.196 e. The van der Waals surface area contributed by atoms with Crippen molar-refractivity contribution in [3.63, 3.8) is 0 Å². The molecule has 4 rings (SSSR count). The van der Waals surface area contributed by atoms with Crippen LogP contribution in [-0.2, 0) is 0 Å². The predicted molar refractivity (Wildman–Crippen MR) is 129 cm³/mol. The van der Waals surface area contributed by atoms with E-state index in [1.165, 1.54) is 18.3 Å². The number of halogens is 2. The van der Waals surface area contributed by atoms with Crippen LogP contribution in [0, 0.1) is 19.7 Å². The molecule has 0 unspecified atom stereocenters. The second-order valence-corrected chi connectivity index (χ2v) is 8.24. The number of amidine groups is 1. The Morgan fingerprint density at radius 3 is 2.74 bits per heavy atom. The molecular formula is C24H21ClFN5O3. The third kappa shape index (κ3) is 4.29. The Bertz CT molecular complexity index is 1500. The fourth-order valence-electron chi connectivity index (χ4n) is 3.77. The monoisotopic (exact) mass is 481 g/mol. The van der Waals surface area contributed by atoms with Gasteiger partial charge in [-0.25, -0.2) is 9.37 Å². The summed E-state index contributed by atoms with van der Waals surface area (Å²) >= 11 is 5.98. The summed E-state index contributed by atoms with van der Waals surface area (Å²) in [5.41, 5.74) is 8.58. The lowest BCUT2D eigenvalue weighted by molar-refractivity contribution is 0.318. The molecule has 1 atom stereocenters. The first-order chi connectivity index (χ1) is 16.2. The minimum absolute atomic E-state index is 0.167. The van der Waals surface area contributed by atoms with Crippen LogP contribution in [0.2, 0.25) is 5.15 Å². The molecule has 0 bridgehead atoms. The van der Waals surface area contributed by atoms with E-state index >= 15 is 0 Å². The Kier molecular flexibility index (Phi) is 6.21. The lowest BCUT2D eigenvalue weighted by atomic mass is 9.99. The summed E-state index contributed by atoms with van der Waals surface area (Å²) in [4.78, 5) is 21.5. The van der Waals surface area contributed by atoms with Gasteiger partial charge in [-0.3, -0.25) is 9.78 Å². The third-order valence-electron chi connectivity index (χ3n) is 5.40. The van der Waals surface area contributed by atoms with Crippen molar-refractivity contribution >= 4 is 34.1 Å². The maximum Gasteiger partial charge on any atom is 0.196 e. The van der Waals surface area contributed by atoms with Crippen LogP contribution in [0.15, 0.2) is 57.0 Å². The van der Waals surface area contributed by atoms with Gasteiger partial charge in [0.15, 0.2) is 17.0 Å². The van der Waals surface area contributed by atoms with Crippen LogP contribution in [0.25, 0.3) is 22.4 Å². The summed E-state index contributed by atoms with van der Waals surface area (Å²) in [6.45, 7) is 5.36. The van der Waals surface area contributed by atoms with Crippen molar-refractivity contribution in [3.05, 3.63) is 86.2 Å². The molecule has 174 valence electrons. The first-order valence-electron chi connectivity index (χ1n) is 10.3. The highest BCUT2D eigenvalue weighted by molar-refractivity contribution is 6.29. The molecule has 1 aromatic carbocycles. The highest BCUT2D eigenvalue weighted by atomic mass is 35.5. The lowest BCUT2D eigenvalue weighted by Gasteiger charge is -2.20. The van der Waals surface area contributed by atoms with Crippen molar-refractivity contribution in [2.24, 2.45) is 10.9 Å². The minimum Gasteiger partial charge on any atom is -0.454 e. The molecule has 3 heterocycles. The third-order valence-corrected chi connectivity index (χ3v) is 5.61. The second-order valence-electron chi connectivity index (χ2n) is 7.86. The molecule has 0 radical (unpaired) electrons. The van der Waals surface area contributed by atoms with Crippen molar-refractivity contribution < 1.29 is 14.0 Å². The molecule has 0 saturated carbocycles. The van der Waals surface area contributed by atoms with E-state index in [0.29, 0.717) is 27.8 Å². The number of hydrogen-bond acceptors (Lipinski definition) is 7. The van der Waals surface area contributed by atoms with Gasteiger partial charge in [-0.05, 0) is 50.6 Å². The van der Waals surface area contributed by atoms with Crippen molar-refractivity contribution in [1.29, 1.82) is 0 Å². The number of nitrogens with one attached hydrogen (secondary N) is 1. The molecule has 3 aromatic heterocycles. The van der Waals surface area contributed by atoms with Gasteiger partial charge in [0.25, 0.3) is 0 Å². The van der Waals surface area contributed by atoms with Gasteiger partial charge < -0.3 is 20.7 Å². The molecule has 4 aromatic rings. The van der Waals surface area contributed by atoms with Gasteiger partial charge in [0.1, 0.15) is 27.9 Å². The molecule has 0 amide bonds. The molecule has 8 nitrogen and oxygen atoms in total. The summed E-state index contributed by atoms with van der Waals surface area (Å²) in [5.74, 6) is -0.509. The molecule has 34 heavy (non-hydrogen) atoms. The van der Waals surface area contributed by atoms with Gasteiger partial charge >= 0.3 is 0 Å². The summed E-state index contributed by atoms with van der Waals surface area (Å²) in [6, 6.07) is 8.88. The van der Waals surface area contributed by atoms with Crippen molar-refractivity contribution in [1.82, 2.24) is 9.97 Å². The molecular weight excluding hydrogens is 461 g/mol. The lowest BCUT2D eigenvalue weighted by Crippen LogP contribution is -2.19.